The van der Waals surface area contributed by atoms with Crippen LogP contribution in [-0.2, 0) is 11.3 Å². The molecule has 0 atom stereocenters. The number of hydrogen-bond donors (Lipinski definition) is 3. The maximum Gasteiger partial charge on any atom is 0.315 e. The third-order valence-electron chi connectivity index (χ3n) is 3.11. The van der Waals surface area contributed by atoms with Gasteiger partial charge >= 0.3 is 6.01 Å². The second-order valence-corrected chi connectivity index (χ2v) is 5.47. The predicted molar refractivity (Wildman–Crippen MR) is 70.5 cm³/mol. The van der Waals surface area contributed by atoms with Gasteiger partial charge in [-0.25, -0.2) is 0 Å². The lowest BCUT2D eigenvalue weighted by molar-refractivity contribution is -0.128. The topological polar surface area (TPSA) is 92.1 Å². The lowest BCUT2D eigenvalue weighted by Gasteiger charge is -2.21. The van der Waals surface area contributed by atoms with E-state index in [2.05, 4.69) is 26.1 Å². The van der Waals surface area contributed by atoms with E-state index in [1.165, 1.54) is 12.8 Å². The molecule has 0 unspecified atom stereocenters. The molecule has 0 saturated heterocycles. The number of aromatic nitrogens is 2. The summed E-state index contributed by atoms with van der Waals surface area (Å²) in [7, 11) is 1.62. The summed E-state index contributed by atoms with van der Waals surface area (Å²) < 4.78 is 5.44. The van der Waals surface area contributed by atoms with Crippen LogP contribution in [0.2, 0.25) is 0 Å². The molecular formula is C12H21N5O2. The van der Waals surface area contributed by atoms with Crippen LogP contribution in [0.3, 0.4) is 0 Å². The van der Waals surface area contributed by atoms with Crippen molar-refractivity contribution in [2.75, 3.05) is 18.9 Å². The lowest BCUT2D eigenvalue weighted by atomic mass is 9.92. The van der Waals surface area contributed by atoms with Gasteiger partial charge in [-0.1, -0.05) is 5.10 Å². The van der Waals surface area contributed by atoms with Gasteiger partial charge in [0, 0.05) is 19.6 Å². The van der Waals surface area contributed by atoms with E-state index in [-0.39, 0.29) is 5.91 Å². The molecule has 1 aromatic rings. The van der Waals surface area contributed by atoms with Crippen LogP contribution in [0.15, 0.2) is 4.42 Å². The number of amides is 1. The van der Waals surface area contributed by atoms with Crippen molar-refractivity contribution >= 4 is 11.9 Å². The Kier molecular flexibility index (Phi) is 4.04. The summed E-state index contributed by atoms with van der Waals surface area (Å²) in [6.45, 7) is 4.73. The summed E-state index contributed by atoms with van der Waals surface area (Å²) in [5.74, 6) is 0.530. The first-order valence-corrected chi connectivity index (χ1v) is 6.53. The van der Waals surface area contributed by atoms with Gasteiger partial charge in [-0.2, -0.15) is 0 Å². The molecule has 3 N–H and O–H groups in total. The Morgan fingerprint density at radius 3 is 2.79 bits per heavy atom. The highest BCUT2D eigenvalue weighted by Gasteiger charge is 2.27. The summed E-state index contributed by atoms with van der Waals surface area (Å²) in [6.07, 6.45) is 2.44. The highest BCUT2D eigenvalue weighted by atomic mass is 16.4. The Bertz CT molecular complexity index is 439. The number of anilines is 1. The summed E-state index contributed by atoms with van der Waals surface area (Å²) in [6, 6.07) is 0.958. The molecule has 0 spiro atoms. The van der Waals surface area contributed by atoms with Crippen molar-refractivity contribution in [3.63, 3.8) is 0 Å². The first-order valence-electron chi connectivity index (χ1n) is 6.53. The molecule has 106 valence electrons. The minimum Gasteiger partial charge on any atom is -0.407 e. The van der Waals surface area contributed by atoms with E-state index < -0.39 is 5.41 Å². The van der Waals surface area contributed by atoms with Gasteiger partial charge in [0.1, 0.15) is 0 Å². The molecule has 1 heterocycles. The first-order chi connectivity index (χ1) is 9.01. The monoisotopic (exact) mass is 267 g/mol. The van der Waals surface area contributed by atoms with E-state index in [0.717, 1.165) is 0 Å². The zero-order valence-electron chi connectivity index (χ0n) is 11.6. The number of rotatable bonds is 7. The molecule has 0 aromatic carbocycles. The van der Waals surface area contributed by atoms with E-state index >= 15 is 0 Å². The van der Waals surface area contributed by atoms with E-state index in [4.69, 9.17) is 4.42 Å². The van der Waals surface area contributed by atoms with Crippen molar-refractivity contribution in [1.29, 1.82) is 0 Å². The van der Waals surface area contributed by atoms with E-state index in [9.17, 15) is 4.79 Å². The second-order valence-electron chi connectivity index (χ2n) is 5.47. The number of hydrogen-bond acceptors (Lipinski definition) is 6. The molecule has 1 aliphatic rings. The van der Waals surface area contributed by atoms with Crippen molar-refractivity contribution in [2.45, 2.75) is 39.3 Å². The summed E-state index contributed by atoms with van der Waals surface area (Å²) in [4.78, 5) is 11.6. The summed E-state index contributed by atoms with van der Waals surface area (Å²) in [5.41, 5.74) is -0.532. The molecule has 7 nitrogen and oxygen atoms in total. The Labute approximate surface area is 112 Å². The smallest absolute Gasteiger partial charge is 0.315 e. The fourth-order valence-electron chi connectivity index (χ4n) is 1.63. The van der Waals surface area contributed by atoms with Gasteiger partial charge in [0.25, 0.3) is 0 Å². The molecule has 1 saturated carbocycles. The van der Waals surface area contributed by atoms with Crippen LogP contribution in [0.1, 0.15) is 32.6 Å². The zero-order valence-corrected chi connectivity index (χ0v) is 11.6. The van der Waals surface area contributed by atoms with Crippen molar-refractivity contribution in [3.05, 3.63) is 5.89 Å². The Balaban J connectivity index is 1.80. The minimum absolute atomic E-state index is 0.0323. The summed E-state index contributed by atoms with van der Waals surface area (Å²) in [5, 5.41) is 16.8. The van der Waals surface area contributed by atoms with Gasteiger partial charge in [-0.3, -0.25) is 4.79 Å². The number of carbonyl (C=O) groups is 1. The molecule has 0 aliphatic heterocycles. The van der Waals surface area contributed by atoms with Crippen molar-refractivity contribution in [3.8, 4) is 0 Å². The highest BCUT2D eigenvalue weighted by molar-refractivity contribution is 5.82. The molecule has 1 fully saturated rings. The van der Waals surface area contributed by atoms with Gasteiger partial charge in [-0.05, 0) is 26.7 Å². The highest BCUT2D eigenvalue weighted by Crippen LogP contribution is 2.20. The lowest BCUT2D eigenvalue weighted by Crippen LogP contribution is -2.39. The van der Waals surface area contributed by atoms with Gasteiger partial charge in [-0.15, -0.1) is 5.10 Å². The normalized spacial score (nSPS) is 15.3. The third kappa shape index (κ3) is 3.92. The fourth-order valence-corrected chi connectivity index (χ4v) is 1.63. The molecule has 1 aliphatic carbocycles. The fraction of sp³-hybridized carbons (Fsp3) is 0.750. The zero-order chi connectivity index (χ0) is 13.9. The third-order valence-corrected chi connectivity index (χ3v) is 3.11. The van der Waals surface area contributed by atoms with E-state index in [1.807, 2.05) is 13.8 Å². The van der Waals surface area contributed by atoms with Crippen LogP contribution in [0, 0.1) is 5.41 Å². The van der Waals surface area contributed by atoms with E-state index in [1.54, 1.807) is 7.05 Å². The standard InChI is InChI=1S/C12H21N5O2/c1-12(2,10(18)13-3)7-15-11-17-16-9(19-11)6-14-8-4-5-8/h8,14H,4-7H2,1-3H3,(H,13,18)(H,15,17). The number of nitrogens with one attached hydrogen (secondary N) is 3. The van der Waals surface area contributed by atoms with Gasteiger partial charge in [0.15, 0.2) is 0 Å². The summed E-state index contributed by atoms with van der Waals surface area (Å²) >= 11 is 0. The minimum atomic E-state index is -0.532. The van der Waals surface area contributed by atoms with Crippen molar-refractivity contribution in [2.24, 2.45) is 5.41 Å². The molecule has 0 radical (unpaired) electrons. The van der Waals surface area contributed by atoms with E-state index in [0.29, 0.717) is 31.0 Å². The van der Waals surface area contributed by atoms with Crippen LogP contribution in [-0.4, -0.2) is 35.7 Å². The molecule has 7 heteroatoms. The molecule has 19 heavy (non-hydrogen) atoms. The Morgan fingerprint density at radius 1 is 1.42 bits per heavy atom. The van der Waals surface area contributed by atoms with Crippen LogP contribution >= 0.6 is 0 Å². The Hall–Kier alpha value is -1.63. The molecule has 0 bridgehead atoms. The van der Waals surface area contributed by atoms with Crippen molar-refractivity contribution < 1.29 is 9.21 Å². The first kappa shape index (κ1) is 13.8. The largest absolute Gasteiger partial charge is 0.407 e. The maximum absolute atomic E-state index is 11.6. The average Bonchev–Trinajstić information content (AvgIpc) is 3.11. The predicted octanol–water partition coefficient (Wildman–Crippen LogP) is 0.506. The quantitative estimate of drug-likeness (QED) is 0.666. The molecular weight excluding hydrogens is 246 g/mol. The Morgan fingerprint density at radius 2 is 2.16 bits per heavy atom. The van der Waals surface area contributed by atoms with Crippen LogP contribution in [0.25, 0.3) is 0 Å². The average molecular weight is 267 g/mol. The van der Waals surface area contributed by atoms with Gasteiger partial charge in [0.05, 0.1) is 12.0 Å². The van der Waals surface area contributed by atoms with Crippen LogP contribution in [0.4, 0.5) is 6.01 Å². The van der Waals surface area contributed by atoms with Crippen molar-refractivity contribution in [1.82, 2.24) is 20.8 Å². The second kappa shape index (κ2) is 5.56. The molecule has 1 aromatic heterocycles. The van der Waals surface area contributed by atoms with Gasteiger partial charge in [0.2, 0.25) is 11.8 Å². The van der Waals surface area contributed by atoms with Gasteiger partial charge < -0.3 is 20.4 Å². The number of carbonyl (C=O) groups excluding carboxylic acids is 1. The maximum atomic E-state index is 11.6. The van der Waals surface area contributed by atoms with Crippen LogP contribution in [0.5, 0.6) is 0 Å². The SMILES string of the molecule is CNC(=O)C(C)(C)CNc1nnc(CNC2CC2)o1. The van der Waals surface area contributed by atoms with Crippen LogP contribution < -0.4 is 16.0 Å². The number of nitrogens with zero attached hydrogens (tertiary/aromatic N) is 2. The molecule has 2 rings (SSSR count). The molecule has 1 amide bonds.